The van der Waals surface area contributed by atoms with E-state index in [4.69, 9.17) is 9.47 Å². The number of ether oxygens (including phenoxy) is 2. The van der Waals surface area contributed by atoms with Gasteiger partial charge in [-0.2, -0.15) is 0 Å². The maximum atomic E-state index is 14.0. The number of amides is 1. The lowest BCUT2D eigenvalue weighted by molar-refractivity contribution is -0.148. The Kier molecular flexibility index (Phi) is 4.24. The molecule has 1 aromatic rings. The highest BCUT2D eigenvalue weighted by atomic mass is 19.1. The molecular formula is C17H20FNO4. The van der Waals surface area contributed by atoms with E-state index in [1.807, 2.05) is 0 Å². The lowest BCUT2D eigenvalue weighted by atomic mass is 9.84. The molecule has 0 aromatic heterocycles. The number of nitrogens with one attached hydrogen (secondary N) is 1. The third-order valence-electron chi connectivity index (χ3n) is 5.11. The van der Waals surface area contributed by atoms with Crippen LogP contribution in [-0.2, 0) is 9.53 Å². The molecule has 2 saturated carbocycles. The van der Waals surface area contributed by atoms with Crippen LogP contribution in [0.15, 0.2) is 18.2 Å². The maximum Gasteiger partial charge on any atom is 0.311 e. The third kappa shape index (κ3) is 2.78. The Bertz CT molecular complexity index is 633. The molecule has 0 saturated heterocycles. The van der Waals surface area contributed by atoms with Gasteiger partial charge in [0.25, 0.3) is 5.91 Å². The van der Waals surface area contributed by atoms with Gasteiger partial charge in [0.05, 0.1) is 25.7 Å². The Balaban J connectivity index is 1.78. The van der Waals surface area contributed by atoms with Crippen LogP contribution in [0, 0.1) is 23.6 Å². The van der Waals surface area contributed by atoms with Crippen LogP contribution in [0.25, 0.3) is 0 Å². The molecule has 0 radical (unpaired) electrons. The molecule has 2 aliphatic carbocycles. The fraction of sp³-hybridized carbons (Fsp3) is 0.529. The monoisotopic (exact) mass is 321 g/mol. The Morgan fingerprint density at radius 2 is 1.96 bits per heavy atom. The zero-order valence-corrected chi connectivity index (χ0v) is 13.2. The van der Waals surface area contributed by atoms with Crippen molar-refractivity contribution in [1.29, 1.82) is 0 Å². The maximum absolute atomic E-state index is 14.0. The number of carbonyl (C=O) groups excluding carboxylic acids is 2. The summed E-state index contributed by atoms with van der Waals surface area (Å²) in [6.45, 7) is 0. The van der Waals surface area contributed by atoms with Crippen molar-refractivity contribution in [3.63, 3.8) is 0 Å². The van der Waals surface area contributed by atoms with Crippen LogP contribution in [0.5, 0.6) is 5.75 Å². The second kappa shape index (κ2) is 6.18. The number of hydrogen-bond donors (Lipinski definition) is 1. The fourth-order valence-electron chi connectivity index (χ4n) is 4.01. The van der Waals surface area contributed by atoms with Gasteiger partial charge >= 0.3 is 5.97 Å². The first-order chi connectivity index (χ1) is 11.0. The van der Waals surface area contributed by atoms with Gasteiger partial charge in [-0.25, -0.2) is 4.39 Å². The molecule has 6 heteroatoms. The second-order valence-electron chi connectivity index (χ2n) is 6.23. The van der Waals surface area contributed by atoms with E-state index in [-0.39, 0.29) is 35.3 Å². The van der Waals surface area contributed by atoms with E-state index in [0.29, 0.717) is 5.75 Å². The summed E-state index contributed by atoms with van der Waals surface area (Å²) in [7, 11) is 2.79. The standard InChI is InChI=1S/C17H20FNO4/c1-22-11-5-6-12(13(18)8-11)16(20)19-15-10-4-3-9(7-10)14(15)17(21)23-2/h5-6,8-10,14-15H,3-4,7H2,1-2H3,(H,19,20)/t9-,10-,14-,15+/m0/s1. The number of benzene rings is 1. The highest BCUT2D eigenvalue weighted by Gasteiger charge is 2.52. The smallest absolute Gasteiger partial charge is 0.311 e. The van der Waals surface area contributed by atoms with E-state index in [0.717, 1.165) is 19.3 Å². The summed E-state index contributed by atoms with van der Waals surface area (Å²) in [5.74, 6) is -0.905. The Hall–Kier alpha value is -2.11. The Labute approximate surface area is 134 Å². The van der Waals surface area contributed by atoms with E-state index in [1.54, 1.807) is 0 Å². The van der Waals surface area contributed by atoms with Crippen molar-refractivity contribution in [1.82, 2.24) is 5.32 Å². The molecule has 4 atom stereocenters. The topological polar surface area (TPSA) is 64.6 Å². The lowest BCUT2D eigenvalue weighted by Crippen LogP contribution is -2.47. The summed E-state index contributed by atoms with van der Waals surface area (Å²) >= 11 is 0. The van der Waals surface area contributed by atoms with Gasteiger partial charge in [-0.1, -0.05) is 0 Å². The average molecular weight is 321 g/mol. The average Bonchev–Trinajstić information content (AvgIpc) is 3.15. The van der Waals surface area contributed by atoms with Crippen molar-refractivity contribution < 1.29 is 23.5 Å². The minimum Gasteiger partial charge on any atom is -0.497 e. The van der Waals surface area contributed by atoms with Crippen molar-refractivity contribution in [3.05, 3.63) is 29.6 Å². The van der Waals surface area contributed by atoms with Gasteiger partial charge in [-0.3, -0.25) is 9.59 Å². The molecule has 1 amide bonds. The first-order valence-electron chi connectivity index (χ1n) is 7.77. The number of methoxy groups -OCH3 is 2. The quantitative estimate of drug-likeness (QED) is 0.863. The molecule has 3 rings (SSSR count). The first kappa shape index (κ1) is 15.8. The number of halogens is 1. The van der Waals surface area contributed by atoms with Gasteiger partial charge in [0, 0.05) is 12.1 Å². The van der Waals surface area contributed by atoms with E-state index in [1.165, 1.54) is 32.4 Å². The molecule has 0 aliphatic heterocycles. The van der Waals surface area contributed by atoms with Gasteiger partial charge < -0.3 is 14.8 Å². The largest absolute Gasteiger partial charge is 0.497 e. The first-order valence-corrected chi connectivity index (χ1v) is 7.77. The molecule has 2 aliphatic rings. The molecule has 2 bridgehead atoms. The van der Waals surface area contributed by atoms with Gasteiger partial charge in [0.1, 0.15) is 11.6 Å². The summed E-state index contributed by atoms with van der Waals surface area (Å²) in [4.78, 5) is 24.4. The molecule has 124 valence electrons. The summed E-state index contributed by atoms with van der Waals surface area (Å²) in [6.07, 6.45) is 2.87. The third-order valence-corrected chi connectivity index (χ3v) is 5.11. The molecule has 1 aromatic carbocycles. The van der Waals surface area contributed by atoms with Gasteiger partial charge in [-0.05, 0) is 43.2 Å². The minimum atomic E-state index is -0.639. The SMILES string of the molecule is COC(=O)[C@H]1[C@H]2CC[C@@H](C2)[C@H]1NC(=O)c1ccc(OC)cc1F. The van der Waals surface area contributed by atoms with E-state index in [2.05, 4.69) is 5.32 Å². The van der Waals surface area contributed by atoms with Crippen LogP contribution in [0.2, 0.25) is 0 Å². The molecule has 1 N–H and O–H groups in total. The molecule has 0 spiro atoms. The second-order valence-corrected chi connectivity index (χ2v) is 6.23. The number of hydrogen-bond acceptors (Lipinski definition) is 4. The predicted molar refractivity (Wildman–Crippen MR) is 80.5 cm³/mol. The van der Waals surface area contributed by atoms with Gasteiger partial charge in [0.15, 0.2) is 0 Å². The van der Waals surface area contributed by atoms with Crippen molar-refractivity contribution in [3.8, 4) is 5.75 Å². The van der Waals surface area contributed by atoms with Crippen molar-refractivity contribution >= 4 is 11.9 Å². The number of esters is 1. The van der Waals surface area contributed by atoms with Gasteiger partial charge in [0.2, 0.25) is 0 Å². The molecule has 2 fully saturated rings. The van der Waals surface area contributed by atoms with Crippen molar-refractivity contribution in [2.75, 3.05) is 14.2 Å². The van der Waals surface area contributed by atoms with E-state index in [9.17, 15) is 14.0 Å². The van der Waals surface area contributed by atoms with Crippen LogP contribution in [-0.4, -0.2) is 32.1 Å². The van der Waals surface area contributed by atoms with Crippen LogP contribution < -0.4 is 10.1 Å². The number of rotatable bonds is 4. The Morgan fingerprint density at radius 1 is 1.22 bits per heavy atom. The number of fused-ring (bicyclic) bond motifs is 2. The van der Waals surface area contributed by atoms with Crippen molar-refractivity contribution in [2.45, 2.75) is 25.3 Å². The number of carbonyl (C=O) groups is 2. The van der Waals surface area contributed by atoms with Crippen LogP contribution in [0.4, 0.5) is 4.39 Å². The summed E-state index contributed by atoms with van der Waals surface area (Å²) in [5.41, 5.74) is -0.0443. The normalized spacial score (nSPS) is 28.5. The Morgan fingerprint density at radius 3 is 2.61 bits per heavy atom. The molecular weight excluding hydrogens is 301 g/mol. The molecule has 5 nitrogen and oxygen atoms in total. The highest BCUT2D eigenvalue weighted by molar-refractivity contribution is 5.95. The highest BCUT2D eigenvalue weighted by Crippen LogP contribution is 2.49. The zero-order chi connectivity index (χ0) is 16.6. The minimum absolute atomic E-state index is 0.0443. The van der Waals surface area contributed by atoms with E-state index < -0.39 is 11.7 Å². The van der Waals surface area contributed by atoms with Crippen LogP contribution in [0.3, 0.4) is 0 Å². The zero-order valence-electron chi connectivity index (χ0n) is 13.2. The summed E-state index contributed by atoms with van der Waals surface area (Å²) in [6, 6.07) is 3.82. The fourth-order valence-corrected chi connectivity index (χ4v) is 4.01. The lowest BCUT2D eigenvalue weighted by Gasteiger charge is -2.29. The predicted octanol–water partition coefficient (Wildman–Crippen LogP) is 2.15. The van der Waals surface area contributed by atoms with E-state index >= 15 is 0 Å². The molecule has 0 unspecified atom stereocenters. The molecule has 23 heavy (non-hydrogen) atoms. The summed E-state index contributed by atoms with van der Waals surface area (Å²) < 4.78 is 23.8. The molecule has 0 heterocycles. The van der Waals surface area contributed by atoms with Crippen LogP contribution in [0.1, 0.15) is 29.6 Å². The summed E-state index contributed by atoms with van der Waals surface area (Å²) in [5, 5.41) is 2.85. The van der Waals surface area contributed by atoms with Crippen molar-refractivity contribution in [2.24, 2.45) is 17.8 Å². The van der Waals surface area contributed by atoms with Gasteiger partial charge in [-0.15, -0.1) is 0 Å². The van der Waals surface area contributed by atoms with Crippen LogP contribution >= 0.6 is 0 Å².